The molecule has 0 spiro atoms. The first-order valence-electron chi connectivity index (χ1n) is 10.5. The minimum absolute atomic E-state index is 0.00940. The number of rotatable bonds is 9. The van der Waals surface area contributed by atoms with Crippen molar-refractivity contribution in [3.05, 3.63) is 48.7 Å². The van der Waals surface area contributed by atoms with E-state index in [2.05, 4.69) is 22.5 Å². The molecule has 0 amide bonds. The first-order valence-corrected chi connectivity index (χ1v) is 10.5. The molecular weight excluding hydrogens is 368 g/mol. The van der Waals surface area contributed by atoms with E-state index in [0.29, 0.717) is 31.7 Å². The maximum absolute atomic E-state index is 11.3. The average Bonchev–Trinajstić information content (AvgIpc) is 2.78. The van der Waals surface area contributed by atoms with Crippen LogP contribution < -0.4 is 4.74 Å². The molecule has 156 valence electrons. The van der Waals surface area contributed by atoms with E-state index in [4.69, 9.17) is 14.6 Å². The standard InChI is InChI=1S/C23H30N2O4/c1-2-16-15-25-8-6-17(16)13-22(25)23(27)19-5-7-24-21-4-3-18(14-20(19)21)29-12-11-28-10-9-26/h2-5,7,14,16-17,22-23,26-27H,1,6,8-13,15H2/t16-,17-,22+,23-/m0/s1. The predicted molar refractivity (Wildman–Crippen MR) is 112 cm³/mol. The number of hydrogen-bond acceptors (Lipinski definition) is 6. The third-order valence-electron chi connectivity index (χ3n) is 6.32. The molecule has 6 nitrogen and oxygen atoms in total. The third kappa shape index (κ3) is 4.31. The zero-order valence-corrected chi connectivity index (χ0v) is 16.7. The molecule has 2 aromatic rings. The summed E-state index contributed by atoms with van der Waals surface area (Å²) >= 11 is 0. The lowest BCUT2D eigenvalue weighted by molar-refractivity contribution is -0.0444. The molecule has 3 fully saturated rings. The van der Waals surface area contributed by atoms with Crippen molar-refractivity contribution in [2.24, 2.45) is 11.8 Å². The first kappa shape index (κ1) is 20.3. The maximum Gasteiger partial charge on any atom is 0.120 e. The summed E-state index contributed by atoms with van der Waals surface area (Å²) in [4.78, 5) is 6.88. The van der Waals surface area contributed by atoms with E-state index >= 15 is 0 Å². The minimum atomic E-state index is -0.558. The quantitative estimate of drug-likeness (QED) is 0.500. The van der Waals surface area contributed by atoms with Crippen molar-refractivity contribution in [1.82, 2.24) is 9.88 Å². The summed E-state index contributed by atoms with van der Waals surface area (Å²) in [6.45, 7) is 7.17. The lowest BCUT2D eigenvalue weighted by Crippen LogP contribution is -2.54. The Labute approximate surface area is 171 Å². The van der Waals surface area contributed by atoms with Gasteiger partial charge in [-0.3, -0.25) is 9.88 Å². The van der Waals surface area contributed by atoms with Crippen LogP contribution in [0.25, 0.3) is 10.9 Å². The lowest BCUT2D eigenvalue weighted by atomic mass is 9.73. The van der Waals surface area contributed by atoms with Crippen molar-refractivity contribution in [1.29, 1.82) is 0 Å². The largest absolute Gasteiger partial charge is 0.491 e. The fraction of sp³-hybridized carbons (Fsp3) is 0.522. The molecule has 0 aliphatic carbocycles. The van der Waals surface area contributed by atoms with Crippen LogP contribution in [0.1, 0.15) is 24.5 Å². The monoisotopic (exact) mass is 398 g/mol. The summed E-state index contributed by atoms with van der Waals surface area (Å²) in [6.07, 6.45) is 5.48. The fourth-order valence-corrected chi connectivity index (χ4v) is 4.79. The molecule has 1 unspecified atom stereocenters. The molecule has 3 aliphatic heterocycles. The van der Waals surface area contributed by atoms with E-state index in [1.54, 1.807) is 6.20 Å². The Morgan fingerprint density at radius 2 is 2.17 bits per heavy atom. The van der Waals surface area contributed by atoms with Gasteiger partial charge in [0.1, 0.15) is 12.4 Å². The van der Waals surface area contributed by atoms with Crippen LogP contribution in [0.4, 0.5) is 0 Å². The van der Waals surface area contributed by atoms with Gasteiger partial charge in [-0.2, -0.15) is 0 Å². The number of ether oxygens (including phenoxy) is 2. The Morgan fingerprint density at radius 3 is 2.93 bits per heavy atom. The number of piperidine rings is 3. The molecule has 6 heteroatoms. The Balaban J connectivity index is 1.52. The van der Waals surface area contributed by atoms with Crippen LogP contribution in [0.5, 0.6) is 5.75 Å². The highest BCUT2D eigenvalue weighted by Crippen LogP contribution is 2.42. The van der Waals surface area contributed by atoms with Crippen molar-refractivity contribution in [3.8, 4) is 5.75 Å². The molecule has 2 bridgehead atoms. The van der Waals surface area contributed by atoms with Crippen LogP contribution >= 0.6 is 0 Å². The zero-order valence-electron chi connectivity index (χ0n) is 16.7. The van der Waals surface area contributed by atoms with Crippen molar-refractivity contribution < 1.29 is 19.7 Å². The Hall–Kier alpha value is -1.99. The summed E-state index contributed by atoms with van der Waals surface area (Å²) in [7, 11) is 0. The average molecular weight is 399 g/mol. The van der Waals surface area contributed by atoms with Gasteiger partial charge in [-0.1, -0.05) is 6.08 Å². The highest BCUT2D eigenvalue weighted by Gasteiger charge is 2.42. The van der Waals surface area contributed by atoms with Gasteiger partial charge in [-0.05, 0) is 61.1 Å². The summed E-state index contributed by atoms with van der Waals surface area (Å²) in [5, 5.41) is 21.0. The van der Waals surface area contributed by atoms with Crippen molar-refractivity contribution in [2.45, 2.75) is 25.0 Å². The molecule has 29 heavy (non-hydrogen) atoms. The van der Waals surface area contributed by atoms with Gasteiger partial charge in [-0.15, -0.1) is 6.58 Å². The summed E-state index contributed by atoms with van der Waals surface area (Å²) in [6, 6.07) is 7.83. The van der Waals surface area contributed by atoms with Gasteiger partial charge in [0.05, 0.1) is 31.4 Å². The summed E-state index contributed by atoms with van der Waals surface area (Å²) in [5.74, 6) is 1.88. The second-order valence-electron chi connectivity index (χ2n) is 7.95. The summed E-state index contributed by atoms with van der Waals surface area (Å²) in [5.41, 5.74) is 1.76. The Kier molecular flexibility index (Phi) is 6.45. The van der Waals surface area contributed by atoms with Gasteiger partial charge in [0.15, 0.2) is 0 Å². The molecule has 5 rings (SSSR count). The van der Waals surface area contributed by atoms with E-state index in [-0.39, 0.29) is 12.6 Å². The molecule has 5 atom stereocenters. The SMILES string of the molecule is C=C[C@H]1CN2CC[C@H]1C[C@@H]2[C@@H](O)c1ccnc2ccc(OCCOCCO)cc12. The molecule has 2 N–H and O–H groups in total. The van der Waals surface area contributed by atoms with Crippen molar-refractivity contribution in [3.63, 3.8) is 0 Å². The second-order valence-corrected chi connectivity index (χ2v) is 7.95. The zero-order chi connectivity index (χ0) is 20.2. The Morgan fingerprint density at radius 1 is 1.28 bits per heavy atom. The molecule has 4 heterocycles. The molecule has 3 saturated heterocycles. The molecule has 0 saturated carbocycles. The van der Waals surface area contributed by atoms with Crippen LogP contribution in [-0.4, -0.2) is 65.7 Å². The van der Waals surface area contributed by atoms with Crippen LogP contribution in [0.3, 0.4) is 0 Å². The van der Waals surface area contributed by atoms with E-state index < -0.39 is 6.10 Å². The van der Waals surface area contributed by atoms with E-state index in [1.165, 1.54) is 6.42 Å². The number of aliphatic hydroxyl groups is 2. The molecule has 0 radical (unpaired) electrons. The number of fused-ring (bicyclic) bond motifs is 4. The van der Waals surface area contributed by atoms with Crippen LogP contribution in [0.15, 0.2) is 43.1 Å². The number of hydrogen-bond donors (Lipinski definition) is 2. The third-order valence-corrected chi connectivity index (χ3v) is 6.32. The van der Waals surface area contributed by atoms with E-state index in [1.807, 2.05) is 24.3 Å². The molecule has 1 aromatic heterocycles. The number of aromatic nitrogens is 1. The smallest absolute Gasteiger partial charge is 0.120 e. The van der Waals surface area contributed by atoms with Crippen LogP contribution in [-0.2, 0) is 4.74 Å². The highest BCUT2D eigenvalue weighted by atomic mass is 16.5. The normalized spacial score (nSPS) is 27.1. The lowest BCUT2D eigenvalue weighted by Gasteiger charge is -2.50. The van der Waals surface area contributed by atoms with Gasteiger partial charge >= 0.3 is 0 Å². The topological polar surface area (TPSA) is 75.1 Å². The number of pyridine rings is 1. The Bertz CT molecular complexity index is 843. The highest BCUT2D eigenvalue weighted by molar-refractivity contribution is 5.84. The molecule has 3 aliphatic rings. The van der Waals surface area contributed by atoms with Gasteiger partial charge < -0.3 is 19.7 Å². The predicted octanol–water partition coefficient (Wildman–Crippen LogP) is 2.55. The van der Waals surface area contributed by atoms with Gasteiger partial charge in [0, 0.05) is 24.2 Å². The number of benzene rings is 1. The van der Waals surface area contributed by atoms with E-state index in [0.717, 1.165) is 41.7 Å². The van der Waals surface area contributed by atoms with Gasteiger partial charge in [-0.25, -0.2) is 0 Å². The van der Waals surface area contributed by atoms with Crippen LogP contribution in [0, 0.1) is 11.8 Å². The number of nitrogens with zero attached hydrogens (tertiary/aromatic N) is 2. The van der Waals surface area contributed by atoms with Crippen molar-refractivity contribution >= 4 is 10.9 Å². The fourth-order valence-electron chi connectivity index (χ4n) is 4.79. The molecular formula is C23H30N2O4. The molecule has 1 aromatic carbocycles. The number of aliphatic hydroxyl groups excluding tert-OH is 2. The van der Waals surface area contributed by atoms with Crippen LogP contribution in [0.2, 0.25) is 0 Å². The van der Waals surface area contributed by atoms with Gasteiger partial charge in [0.25, 0.3) is 0 Å². The second kappa shape index (κ2) is 9.22. The minimum Gasteiger partial charge on any atom is -0.491 e. The summed E-state index contributed by atoms with van der Waals surface area (Å²) < 4.78 is 11.0. The van der Waals surface area contributed by atoms with Gasteiger partial charge in [0.2, 0.25) is 0 Å². The first-order chi connectivity index (χ1) is 14.2. The maximum atomic E-state index is 11.3. The van der Waals surface area contributed by atoms with Crippen molar-refractivity contribution in [2.75, 3.05) is 39.5 Å². The van der Waals surface area contributed by atoms with E-state index in [9.17, 15) is 5.11 Å².